The smallest absolute Gasteiger partial charge is 0.168 e. The maximum absolute atomic E-state index is 14.2. The first-order valence-electron chi connectivity index (χ1n) is 7.25. The average Bonchev–Trinajstić information content (AvgIpc) is 2.54. The Bertz CT molecular complexity index is 913. The lowest BCUT2D eigenvalue weighted by Crippen LogP contribution is -2.02. The summed E-state index contributed by atoms with van der Waals surface area (Å²) >= 11 is 5.80. The number of pyridine rings is 2. The van der Waals surface area contributed by atoms with Crippen LogP contribution in [0.15, 0.2) is 42.9 Å². The molecule has 3 rings (SSSR count). The summed E-state index contributed by atoms with van der Waals surface area (Å²) in [5.41, 5.74) is 8.57. The zero-order chi connectivity index (χ0) is 17.3. The molecule has 0 saturated carbocycles. The van der Waals surface area contributed by atoms with Crippen LogP contribution in [0.25, 0.3) is 11.1 Å². The Balaban J connectivity index is 2.04. The first-order valence-corrected chi connectivity index (χ1v) is 7.63. The minimum Gasteiger partial charge on any atom is -0.381 e. The molecule has 6 heteroatoms. The Morgan fingerprint density at radius 2 is 1.88 bits per heavy atom. The van der Waals surface area contributed by atoms with E-state index in [0.717, 1.165) is 11.1 Å². The highest BCUT2D eigenvalue weighted by Gasteiger charge is 2.14. The molecule has 0 aliphatic carbocycles. The standard InChI is InChI=1S/C18H14ClF2N3/c1-10-12(6-11-4-5-24-18(22)17(11)21)8-23-9-15(10)14-3-2-13(19)7-16(14)20/h2-5,7-9H,6H2,1H3,(H2,22,24). The third kappa shape index (κ3) is 3.08. The summed E-state index contributed by atoms with van der Waals surface area (Å²) in [5.74, 6) is -1.11. The fourth-order valence-electron chi connectivity index (χ4n) is 2.57. The maximum atomic E-state index is 14.2. The van der Waals surface area contributed by atoms with Crippen molar-refractivity contribution in [1.29, 1.82) is 0 Å². The SMILES string of the molecule is Cc1c(Cc2ccnc(N)c2F)cncc1-c1ccc(Cl)cc1F. The van der Waals surface area contributed by atoms with Crippen LogP contribution in [0.1, 0.15) is 16.7 Å². The van der Waals surface area contributed by atoms with Gasteiger partial charge < -0.3 is 5.73 Å². The third-order valence-corrected chi connectivity index (χ3v) is 4.15. The number of hydrogen-bond acceptors (Lipinski definition) is 3. The number of rotatable bonds is 3. The summed E-state index contributed by atoms with van der Waals surface area (Å²) in [7, 11) is 0. The Labute approximate surface area is 143 Å². The molecule has 3 aromatic rings. The molecule has 0 atom stereocenters. The van der Waals surface area contributed by atoms with E-state index < -0.39 is 11.6 Å². The number of nitrogen functional groups attached to an aromatic ring is 1. The second-order valence-corrected chi connectivity index (χ2v) is 5.88. The Hall–Kier alpha value is -2.53. The second kappa shape index (κ2) is 6.53. The van der Waals surface area contributed by atoms with Crippen LogP contribution < -0.4 is 5.73 Å². The molecule has 0 unspecified atom stereocenters. The summed E-state index contributed by atoms with van der Waals surface area (Å²) in [4.78, 5) is 7.88. The summed E-state index contributed by atoms with van der Waals surface area (Å²) < 4.78 is 28.3. The number of benzene rings is 1. The molecule has 122 valence electrons. The van der Waals surface area contributed by atoms with Crippen LogP contribution in [0.3, 0.4) is 0 Å². The topological polar surface area (TPSA) is 51.8 Å². The van der Waals surface area contributed by atoms with Crippen LogP contribution >= 0.6 is 11.6 Å². The van der Waals surface area contributed by atoms with Crippen molar-refractivity contribution in [2.24, 2.45) is 0 Å². The molecule has 0 amide bonds. The van der Waals surface area contributed by atoms with Crippen molar-refractivity contribution in [2.75, 3.05) is 5.73 Å². The van der Waals surface area contributed by atoms with Crippen LogP contribution in [0.4, 0.5) is 14.6 Å². The number of anilines is 1. The van der Waals surface area contributed by atoms with E-state index in [-0.39, 0.29) is 5.82 Å². The van der Waals surface area contributed by atoms with Gasteiger partial charge in [-0.05, 0) is 47.9 Å². The number of hydrogen-bond donors (Lipinski definition) is 1. The molecule has 0 spiro atoms. The zero-order valence-electron chi connectivity index (χ0n) is 12.9. The minimum absolute atomic E-state index is 0.141. The van der Waals surface area contributed by atoms with Gasteiger partial charge in [0.25, 0.3) is 0 Å². The van der Waals surface area contributed by atoms with Gasteiger partial charge in [-0.3, -0.25) is 4.98 Å². The van der Waals surface area contributed by atoms with Crippen LogP contribution in [0.2, 0.25) is 5.02 Å². The van der Waals surface area contributed by atoms with Crippen LogP contribution in [0.5, 0.6) is 0 Å². The lowest BCUT2D eigenvalue weighted by molar-refractivity contribution is 0.613. The highest BCUT2D eigenvalue weighted by atomic mass is 35.5. The quantitative estimate of drug-likeness (QED) is 0.757. The Kier molecular flexibility index (Phi) is 4.44. The molecule has 2 aromatic heterocycles. The molecular weight excluding hydrogens is 332 g/mol. The first kappa shape index (κ1) is 16.3. The number of nitrogens with zero attached hydrogens (tertiary/aromatic N) is 2. The van der Waals surface area contributed by atoms with Gasteiger partial charge in [0.1, 0.15) is 5.82 Å². The van der Waals surface area contributed by atoms with Gasteiger partial charge in [0.15, 0.2) is 11.6 Å². The molecule has 2 N–H and O–H groups in total. The molecular formula is C18H14ClF2N3. The van der Waals surface area contributed by atoms with E-state index in [1.807, 2.05) is 6.92 Å². The molecule has 0 fully saturated rings. The van der Waals surface area contributed by atoms with Gasteiger partial charge in [0.05, 0.1) is 0 Å². The van der Waals surface area contributed by atoms with Gasteiger partial charge in [-0.25, -0.2) is 13.8 Å². The number of halogens is 3. The average molecular weight is 346 g/mol. The summed E-state index contributed by atoms with van der Waals surface area (Å²) in [5, 5.41) is 0.326. The van der Waals surface area contributed by atoms with Crippen molar-refractivity contribution in [3.63, 3.8) is 0 Å². The molecule has 24 heavy (non-hydrogen) atoms. The molecule has 2 heterocycles. The van der Waals surface area contributed by atoms with E-state index in [4.69, 9.17) is 17.3 Å². The van der Waals surface area contributed by atoms with E-state index in [9.17, 15) is 8.78 Å². The van der Waals surface area contributed by atoms with E-state index in [1.165, 1.54) is 12.3 Å². The summed E-state index contributed by atoms with van der Waals surface area (Å²) in [6, 6.07) is 6.05. The van der Waals surface area contributed by atoms with E-state index in [2.05, 4.69) is 9.97 Å². The van der Waals surface area contributed by atoms with E-state index in [0.29, 0.717) is 28.1 Å². The van der Waals surface area contributed by atoms with Crippen molar-refractivity contribution in [1.82, 2.24) is 9.97 Å². The summed E-state index contributed by atoms with van der Waals surface area (Å²) in [6.45, 7) is 1.85. The molecule has 0 bridgehead atoms. The van der Waals surface area contributed by atoms with Crippen molar-refractivity contribution in [3.8, 4) is 11.1 Å². The number of nitrogens with two attached hydrogens (primary N) is 1. The fraction of sp³-hybridized carbons (Fsp3) is 0.111. The second-order valence-electron chi connectivity index (χ2n) is 5.44. The number of aromatic nitrogens is 2. The van der Waals surface area contributed by atoms with Crippen LogP contribution in [0, 0.1) is 18.6 Å². The van der Waals surface area contributed by atoms with E-state index >= 15 is 0 Å². The van der Waals surface area contributed by atoms with Gasteiger partial charge in [-0.2, -0.15) is 0 Å². The van der Waals surface area contributed by atoms with Gasteiger partial charge in [-0.1, -0.05) is 11.6 Å². The monoisotopic (exact) mass is 345 g/mol. The summed E-state index contributed by atoms with van der Waals surface area (Å²) in [6.07, 6.45) is 4.98. The largest absolute Gasteiger partial charge is 0.381 e. The Morgan fingerprint density at radius 1 is 1.08 bits per heavy atom. The molecule has 0 aliphatic rings. The minimum atomic E-state index is -0.542. The lowest BCUT2D eigenvalue weighted by atomic mass is 9.95. The van der Waals surface area contributed by atoms with Gasteiger partial charge >= 0.3 is 0 Å². The lowest BCUT2D eigenvalue weighted by Gasteiger charge is -2.12. The van der Waals surface area contributed by atoms with Crippen LogP contribution in [-0.2, 0) is 6.42 Å². The first-order chi connectivity index (χ1) is 11.5. The van der Waals surface area contributed by atoms with Gasteiger partial charge in [0.2, 0.25) is 0 Å². The van der Waals surface area contributed by atoms with Crippen molar-refractivity contribution >= 4 is 17.4 Å². The van der Waals surface area contributed by atoms with E-state index in [1.54, 1.807) is 30.6 Å². The predicted molar refractivity (Wildman–Crippen MR) is 90.8 cm³/mol. The van der Waals surface area contributed by atoms with Crippen molar-refractivity contribution in [3.05, 3.63) is 76.2 Å². The Morgan fingerprint density at radius 3 is 2.62 bits per heavy atom. The van der Waals surface area contributed by atoms with Crippen molar-refractivity contribution in [2.45, 2.75) is 13.3 Å². The molecule has 1 aromatic carbocycles. The molecule has 0 saturated heterocycles. The molecule has 3 nitrogen and oxygen atoms in total. The van der Waals surface area contributed by atoms with Gasteiger partial charge in [-0.15, -0.1) is 0 Å². The predicted octanol–water partition coefficient (Wildman–Crippen LogP) is 4.56. The highest BCUT2D eigenvalue weighted by Crippen LogP contribution is 2.30. The zero-order valence-corrected chi connectivity index (χ0v) is 13.6. The van der Waals surface area contributed by atoms with Crippen LogP contribution in [-0.4, -0.2) is 9.97 Å². The molecule has 0 radical (unpaired) electrons. The highest BCUT2D eigenvalue weighted by molar-refractivity contribution is 6.30. The molecule has 0 aliphatic heterocycles. The maximum Gasteiger partial charge on any atom is 0.168 e. The normalized spacial score (nSPS) is 10.8. The third-order valence-electron chi connectivity index (χ3n) is 3.92. The van der Waals surface area contributed by atoms with Gasteiger partial charge in [0, 0.05) is 41.2 Å². The van der Waals surface area contributed by atoms with Crippen molar-refractivity contribution < 1.29 is 8.78 Å². The fourth-order valence-corrected chi connectivity index (χ4v) is 2.73.